The molecule has 164 valence electrons. The highest BCUT2D eigenvalue weighted by Gasteiger charge is 2.26. The van der Waals surface area contributed by atoms with Gasteiger partial charge >= 0.3 is 5.97 Å². The van der Waals surface area contributed by atoms with Gasteiger partial charge in [0.25, 0.3) is 11.6 Å². The summed E-state index contributed by atoms with van der Waals surface area (Å²) in [5.41, 5.74) is 1.91. The van der Waals surface area contributed by atoms with Crippen molar-refractivity contribution in [3.63, 3.8) is 0 Å². The summed E-state index contributed by atoms with van der Waals surface area (Å²) in [6.07, 6.45) is 8.03. The van der Waals surface area contributed by atoms with Crippen LogP contribution in [-0.2, 0) is 4.74 Å². The number of ether oxygens (including phenoxy) is 1. The van der Waals surface area contributed by atoms with E-state index in [0.29, 0.717) is 16.1 Å². The number of amides is 1. The van der Waals surface area contributed by atoms with Gasteiger partial charge in [-0.15, -0.1) is 11.3 Å². The summed E-state index contributed by atoms with van der Waals surface area (Å²) in [7, 11) is 0. The lowest BCUT2D eigenvalue weighted by Crippen LogP contribution is -2.22. The molecule has 0 atom stereocenters. The van der Waals surface area contributed by atoms with Crippen molar-refractivity contribution in [2.75, 3.05) is 5.32 Å². The van der Waals surface area contributed by atoms with Gasteiger partial charge in [0, 0.05) is 41.0 Å². The summed E-state index contributed by atoms with van der Waals surface area (Å²) in [5.74, 6) is -0.932. The molecule has 0 spiro atoms. The predicted molar refractivity (Wildman–Crippen MR) is 121 cm³/mol. The number of hydrogen-bond donors (Lipinski definition) is 1. The van der Waals surface area contributed by atoms with Crippen LogP contribution in [0.1, 0.15) is 52.8 Å². The van der Waals surface area contributed by atoms with Crippen molar-refractivity contribution in [2.24, 2.45) is 0 Å². The normalized spacial score (nSPS) is 14.0. The minimum Gasteiger partial charge on any atom is -0.459 e. The molecule has 1 aliphatic rings. The van der Waals surface area contributed by atoms with E-state index < -0.39 is 16.8 Å². The van der Waals surface area contributed by atoms with Crippen molar-refractivity contribution >= 4 is 33.9 Å². The quantitative estimate of drug-likeness (QED) is 0.303. The van der Waals surface area contributed by atoms with E-state index in [4.69, 9.17) is 4.74 Å². The summed E-state index contributed by atoms with van der Waals surface area (Å²) in [4.78, 5) is 40.3. The summed E-state index contributed by atoms with van der Waals surface area (Å²) in [5, 5.41) is 15.8. The van der Waals surface area contributed by atoms with Gasteiger partial charge in [-0.3, -0.25) is 19.9 Å². The number of nitro benzene ring substituents is 1. The largest absolute Gasteiger partial charge is 0.459 e. The number of rotatable bonds is 6. The zero-order valence-corrected chi connectivity index (χ0v) is 18.0. The van der Waals surface area contributed by atoms with Gasteiger partial charge in [-0.05, 0) is 55.5 Å². The molecular weight excluding hydrogens is 430 g/mol. The van der Waals surface area contributed by atoms with Gasteiger partial charge in [-0.2, -0.15) is 0 Å². The van der Waals surface area contributed by atoms with Gasteiger partial charge in [0.2, 0.25) is 0 Å². The number of carbonyl (C=O) groups is 2. The summed E-state index contributed by atoms with van der Waals surface area (Å²) < 4.78 is 5.79. The molecule has 0 radical (unpaired) electrons. The second-order valence-corrected chi connectivity index (χ2v) is 8.39. The van der Waals surface area contributed by atoms with Crippen LogP contribution >= 0.6 is 11.3 Å². The third-order valence-corrected chi connectivity index (χ3v) is 6.28. The third-order valence-electron chi connectivity index (χ3n) is 5.38. The van der Waals surface area contributed by atoms with E-state index in [1.807, 2.05) is 0 Å². The minimum atomic E-state index is -0.526. The zero-order valence-electron chi connectivity index (χ0n) is 17.2. The third kappa shape index (κ3) is 4.83. The average Bonchev–Trinajstić information content (AvgIpc) is 3.24. The van der Waals surface area contributed by atoms with Crippen molar-refractivity contribution in [1.82, 2.24) is 4.98 Å². The number of aromatic nitrogens is 1. The SMILES string of the molecule is O=C(Nc1scc(-c2ccncc2)c1C(=O)OC1CCCCC1)c1ccc([N+](=O)[O-])cc1. The van der Waals surface area contributed by atoms with Gasteiger partial charge in [0.1, 0.15) is 16.7 Å². The smallest absolute Gasteiger partial charge is 0.342 e. The van der Waals surface area contributed by atoms with Gasteiger partial charge in [0.15, 0.2) is 0 Å². The number of non-ortho nitro benzene ring substituents is 1. The molecule has 32 heavy (non-hydrogen) atoms. The first-order valence-electron chi connectivity index (χ1n) is 10.3. The molecule has 2 heterocycles. The number of nitro groups is 1. The van der Waals surface area contributed by atoms with Crippen LogP contribution < -0.4 is 5.32 Å². The molecule has 0 unspecified atom stereocenters. The van der Waals surface area contributed by atoms with Crippen molar-refractivity contribution in [3.05, 3.63) is 75.4 Å². The lowest BCUT2D eigenvalue weighted by Gasteiger charge is -2.22. The first-order valence-corrected chi connectivity index (χ1v) is 11.2. The maximum Gasteiger partial charge on any atom is 0.342 e. The van der Waals surface area contributed by atoms with Gasteiger partial charge < -0.3 is 10.1 Å². The molecule has 0 bridgehead atoms. The fraction of sp³-hybridized carbons (Fsp3) is 0.261. The van der Waals surface area contributed by atoms with E-state index in [9.17, 15) is 19.7 Å². The van der Waals surface area contributed by atoms with Crippen molar-refractivity contribution in [2.45, 2.75) is 38.2 Å². The number of anilines is 1. The summed E-state index contributed by atoms with van der Waals surface area (Å²) in [6.45, 7) is 0. The molecule has 4 rings (SSSR count). The van der Waals surface area contributed by atoms with Crippen LogP contribution in [-0.4, -0.2) is 27.9 Å². The highest BCUT2D eigenvalue weighted by molar-refractivity contribution is 7.15. The predicted octanol–water partition coefficient (Wildman–Crippen LogP) is 5.46. The van der Waals surface area contributed by atoms with Gasteiger partial charge in [0.05, 0.1) is 4.92 Å². The zero-order chi connectivity index (χ0) is 22.5. The van der Waals surface area contributed by atoms with E-state index >= 15 is 0 Å². The molecule has 1 fully saturated rings. The summed E-state index contributed by atoms with van der Waals surface area (Å²) in [6, 6.07) is 8.88. The molecule has 3 aromatic rings. The highest BCUT2D eigenvalue weighted by atomic mass is 32.1. The standard InChI is InChI=1S/C23H21N3O5S/c27-21(16-6-8-17(9-7-16)26(29)30)25-22-20(23(28)31-18-4-2-1-3-5-18)19(14-32-22)15-10-12-24-13-11-15/h6-14,18H,1-5H2,(H,25,27). The van der Waals surface area contributed by atoms with E-state index in [2.05, 4.69) is 10.3 Å². The Bertz CT molecular complexity index is 1120. The second-order valence-electron chi connectivity index (χ2n) is 7.51. The Kier molecular flexibility index (Phi) is 6.55. The van der Waals surface area contributed by atoms with Gasteiger partial charge in [-0.1, -0.05) is 6.42 Å². The van der Waals surface area contributed by atoms with Crippen LogP contribution in [0.25, 0.3) is 11.1 Å². The van der Waals surface area contributed by atoms with Crippen molar-refractivity contribution in [3.8, 4) is 11.1 Å². The molecular formula is C23H21N3O5S. The number of thiophene rings is 1. The van der Waals surface area contributed by atoms with Crippen molar-refractivity contribution < 1.29 is 19.2 Å². The molecule has 1 N–H and O–H groups in total. The fourth-order valence-electron chi connectivity index (χ4n) is 3.70. The lowest BCUT2D eigenvalue weighted by atomic mass is 9.97. The maximum absolute atomic E-state index is 13.2. The lowest BCUT2D eigenvalue weighted by molar-refractivity contribution is -0.384. The summed E-state index contributed by atoms with van der Waals surface area (Å²) >= 11 is 1.23. The molecule has 1 saturated carbocycles. The van der Waals surface area contributed by atoms with Crippen LogP contribution in [0.3, 0.4) is 0 Å². The Morgan fingerprint density at radius 2 is 1.75 bits per heavy atom. The molecule has 0 aliphatic heterocycles. The Morgan fingerprint density at radius 3 is 2.41 bits per heavy atom. The van der Waals surface area contributed by atoms with Crippen LogP contribution in [0.4, 0.5) is 10.7 Å². The Balaban J connectivity index is 1.62. The van der Waals surface area contributed by atoms with E-state index in [1.165, 1.54) is 35.6 Å². The Labute approximate surface area is 188 Å². The number of esters is 1. The number of nitrogens with one attached hydrogen (secondary N) is 1. The second kappa shape index (κ2) is 9.69. The monoisotopic (exact) mass is 451 g/mol. The fourth-order valence-corrected chi connectivity index (χ4v) is 4.65. The molecule has 0 saturated heterocycles. The first-order chi connectivity index (χ1) is 15.5. The number of benzene rings is 1. The minimum absolute atomic E-state index is 0.102. The average molecular weight is 452 g/mol. The van der Waals surface area contributed by atoms with Gasteiger partial charge in [-0.25, -0.2) is 4.79 Å². The Morgan fingerprint density at radius 1 is 1.06 bits per heavy atom. The molecule has 2 aromatic heterocycles. The van der Waals surface area contributed by atoms with Crippen LogP contribution in [0, 0.1) is 10.1 Å². The number of nitrogens with zero attached hydrogens (tertiary/aromatic N) is 2. The van der Waals surface area contributed by atoms with Crippen LogP contribution in [0.5, 0.6) is 0 Å². The number of pyridine rings is 1. The molecule has 1 aromatic carbocycles. The number of hydrogen-bond acceptors (Lipinski definition) is 7. The van der Waals surface area contributed by atoms with Crippen LogP contribution in [0.2, 0.25) is 0 Å². The topological polar surface area (TPSA) is 111 Å². The number of carbonyl (C=O) groups excluding carboxylic acids is 2. The van der Waals surface area contributed by atoms with Crippen molar-refractivity contribution in [1.29, 1.82) is 0 Å². The molecule has 1 aliphatic carbocycles. The molecule has 9 heteroatoms. The van der Waals surface area contributed by atoms with E-state index in [1.54, 1.807) is 29.9 Å². The first kappa shape index (κ1) is 21.6. The maximum atomic E-state index is 13.2. The van der Waals surface area contributed by atoms with E-state index in [-0.39, 0.29) is 17.4 Å². The van der Waals surface area contributed by atoms with E-state index in [0.717, 1.165) is 37.7 Å². The molecule has 1 amide bonds. The van der Waals surface area contributed by atoms with Crippen LogP contribution in [0.15, 0.2) is 54.2 Å². The Hall–Kier alpha value is -3.59. The molecule has 8 nitrogen and oxygen atoms in total. The highest BCUT2D eigenvalue weighted by Crippen LogP contribution is 2.37.